The second kappa shape index (κ2) is 15.3. The molecule has 12 heteroatoms. The molecule has 0 saturated carbocycles. The van der Waals surface area contributed by atoms with E-state index in [2.05, 4.69) is 75.6 Å². The van der Waals surface area contributed by atoms with E-state index < -0.39 is 0 Å². The Bertz CT molecular complexity index is 2690. The summed E-state index contributed by atoms with van der Waals surface area (Å²) in [5, 5.41) is 5.62. The Morgan fingerprint density at radius 3 is 1.91 bits per heavy atom. The number of methoxy groups -OCH3 is 1. The lowest BCUT2D eigenvalue weighted by molar-refractivity contribution is 0.414. The minimum atomic E-state index is -0.385. The quantitative estimate of drug-likeness (QED) is 0.126. The minimum absolute atomic E-state index is 0.161. The number of hydrazine groups is 1. The number of aromatic nitrogens is 5. The van der Waals surface area contributed by atoms with E-state index in [1.54, 1.807) is 52.9 Å². The van der Waals surface area contributed by atoms with Crippen LogP contribution < -0.4 is 14.8 Å². The van der Waals surface area contributed by atoms with Gasteiger partial charge in [-0.15, -0.1) is 0 Å². The fourth-order valence-electron chi connectivity index (χ4n) is 8.39. The molecular weight excluding hydrogens is 766 g/mol. The Labute approximate surface area is 344 Å². The molecule has 2 aliphatic carbocycles. The maximum Gasteiger partial charge on any atom is 0.210 e. The van der Waals surface area contributed by atoms with Gasteiger partial charge in [-0.25, -0.2) is 34.3 Å². The van der Waals surface area contributed by atoms with E-state index in [1.165, 1.54) is 27.3 Å². The molecule has 0 amide bonds. The average molecular weight is 806 g/mol. The molecule has 4 aromatic carbocycles. The number of oxazole rings is 1. The molecule has 2 atom stereocenters. The lowest BCUT2D eigenvalue weighted by Crippen LogP contribution is -2.36. The lowest BCUT2D eigenvalue weighted by Gasteiger charge is -2.35. The Morgan fingerprint density at radius 1 is 0.776 bits per heavy atom. The highest BCUT2D eigenvalue weighted by Crippen LogP contribution is 2.49. The smallest absolute Gasteiger partial charge is 0.210 e. The number of aryl methyl sites for hydroxylation is 3. The highest BCUT2D eigenvalue weighted by Gasteiger charge is 2.35. The van der Waals surface area contributed by atoms with Gasteiger partial charge in [0.25, 0.3) is 0 Å². The van der Waals surface area contributed by atoms with Gasteiger partial charge in [0.2, 0.25) is 10.3 Å². The number of anilines is 4. The number of thiazole rings is 2. The second-order valence-electron chi connectivity index (χ2n) is 14.8. The van der Waals surface area contributed by atoms with Crippen molar-refractivity contribution >= 4 is 44.3 Å². The molecule has 4 heterocycles. The highest BCUT2D eigenvalue weighted by molar-refractivity contribution is 7.16. The molecule has 8 aromatic rings. The summed E-state index contributed by atoms with van der Waals surface area (Å²) in [4.78, 5) is 22.0. The standard InChI is InChI=1S/C46H40FN7O2S2/c1-29-26-52(27-49-29)38-22-20-32(23-37(38)47)53(45-50-43-34(15-9-17-41(43)57-45)30-11-5-3-6-12-30)54(33-19-21-36(39(24-33)55-2)40-25-48-28-56-40)46-51-44-35(16-10-18-42(44)58-46)31-13-7-4-8-14-31/h3-8,11-14,19-28,34-35H,9-10,15-18H2,1-2H3. The molecule has 0 radical (unpaired) electrons. The van der Waals surface area contributed by atoms with Crippen LogP contribution in [0, 0.1) is 12.7 Å². The third-order valence-electron chi connectivity index (χ3n) is 11.1. The molecule has 9 nitrogen and oxygen atoms in total. The van der Waals surface area contributed by atoms with Gasteiger partial charge in [0.15, 0.2) is 12.2 Å². The summed E-state index contributed by atoms with van der Waals surface area (Å²) in [5.74, 6) is 1.14. The van der Waals surface area contributed by atoms with Gasteiger partial charge in [0, 0.05) is 39.9 Å². The number of hydrogen-bond acceptors (Lipinski definition) is 10. The van der Waals surface area contributed by atoms with Gasteiger partial charge < -0.3 is 13.7 Å². The topological polar surface area (TPSA) is 85.3 Å². The first-order valence-corrected chi connectivity index (χ1v) is 21.2. The number of halogens is 1. The predicted octanol–water partition coefficient (Wildman–Crippen LogP) is 11.7. The van der Waals surface area contributed by atoms with Crippen LogP contribution in [0.3, 0.4) is 0 Å². The molecular formula is C46H40FN7O2S2. The number of nitrogens with zero attached hydrogens (tertiary/aromatic N) is 7. The van der Waals surface area contributed by atoms with Gasteiger partial charge in [-0.2, -0.15) is 0 Å². The van der Waals surface area contributed by atoms with Crippen molar-refractivity contribution in [1.29, 1.82) is 0 Å². The maximum absolute atomic E-state index is 16.6. The van der Waals surface area contributed by atoms with Crippen LogP contribution in [0.1, 0.15) is 75.5 Å². The molecule has 58 heavy (non-hydrogen) atoms. The molecule has 290 valence electrons. The molecule has 4 aromatic heterocycles. The van der Waals surface area contributed by atoms with E-state index in [1.807, 2.05) is 48.5 Å². The SMILES string of the molecule is COc1cc(N(c2nc3c(s2)CCCC3c2ccccc2)N(c2ccc(-n3cnc(C)c3)c(F)c2)c2nc3c(s2)CCCC3c2ccccc2)ccc1-c1cnco1. The first-order chi connectivity index (χ1) is 28.5. The fraction of sp³-hybridized carbons (Fsp3) is 0.217. The summed E-state index contributed by atoms with van der Waals surface area (Å²) in [7, 11) is 1.65. The van der Waals surface area contributed by atoms with Gasteiger partial charge >= 0.3 is 0 Å². The lowest BCUT2D eigenvalue weighted by atomic mass is 9.85. The van der Waals surface area contributed by atoms with Gasteiger partial charge in [-0.1, -0.05) is 83.3 Å². The third-order valence-corrected chi connectivity index (χ3v) is 13.4. The molecule has 0 saturated heterocycles. The predicted molar refractivity (Wildman–Crippen MR) is 228 cm³/mol. The highest BCUT2D eigenvalue weighted by atomic mass is 32.1. The van der Waals surface area contributed by atoms with Crippen molar-refractivity contribution in [3.63, 3.8) is 0 Å². The van der Waals surface area contributed by atoms with Crippen LogP contribution in [0.5, 0.6) is 5.75 Å². The molecule has 0 N–H and O–H groups in total. The van der Waals surface area contributed by atoms with Gasteiger partial charge in [-0.05, 0) is 80.8 Å². The van der Waals surface area contributed by atoms with Crippen molar-refractivity contribution in [3.05, 3.63) is 166 Å². The van der Waals surface area contributed by atoms with Crippen molar-refractivity contribution in [2.75, 3.05) is 17.1 Å². The zero-order valence-corrected chi connectivity index (χ0v) is 33.7. The van der Waals surface area contributed by atoms with Crippen LogP contribution >= 0.6 is 22.7 Å². The average Bonchev–Trinajstić information content (AvgIpc) is 4.10. The number of fused-ring (bicyclic) bond motifs is 2. The third kappa shape index (κ3) is 6.65. The van der Waals surface area contributed by atoms with E-state index >= 15 is 4.39 Å². The molecule has 2 unspecified atom stereocenters. The van der Waals surface area contributed by atoms with Gasteiger partial charge in [0.05, 0.1) is 59.3 Å². The molecule has 10 rings (SSSR count). The van der Waals surface area contributed by atoms with E-state index in [9.17, 15) is 0 Å². The molecule has 0 bridgehead atoms. The molecule has 0 spiro atoms. The van der Waals surface area contributed by atoms with E-state index in [4.69, 9.17) is 19.1 Å². The van der Waals surface area contributed by atoms with E-state index in [0.29, 0.717) is 22.9 Å². The van der Waals surface area contributed by atoms with Crippen molar-refractivity contribution in [3.8, 4) is 22.8 Å². The Kier molecular flexibility index (Phi) is 9.58. The summed E-state index contributed by atoms with van der Waals surface area (Å²) in [6, 6.07) is 32.6. The summed E-state index contributed by atoms with van der Waals surface area (Å²) in [6.45, 7) is 1.90. The molecule has 0 aliphatic heterocycles. The van der Waals surface area contributed by atoms with E-state index in [0.717, 1.165) is 77.1 Å². The van der Waals surface area contributed by atoms with Crippen molar-refractivity contribution in [2.24, 2.45) is 0 Å². The molecule has 2 aliphatic rings. The van der Waals surface area contributed by atoms with Crippen LogP contribution in [-0.2, 0) is 12.8 Å². The van der Waals surface area contributed by atoms with Crippen LogP contribution in [-0.4, -0.2) is 31.6 Å². The number of benzene rings is 4. The maximum atomic E-state index is 16.6. The first kappa shape index (κ1) is 36.2. The Morgan fingerprint density at radius 2 is 1.38 bits per heavy atom. The van der Waals surface area contributed by atoms with Gasteiger partial charge in [0.1, 0.15) is 11.6 Å². The number of ether oxygens (including phenoxy) is 1. The van der Waals surface area contributed by atoms with Crippen molar-refractivity contribution in [2.45, 2.75) is 57.3 Å². The Balaban J connectivity index is 1.19. The van der Waals surface area contributed by atoms with E-state index in [-0.39, 0.29) is 17.7 Å². The van der Waals surface area contributed by atoms with Crippen LogP contribution in [0.15, 0.2) is 127 Å². The zero-order chi connectivity index (χ0) is 39.2. The second-order valence-corrected chi connectivity index (χ2v) is 16.9. The monoisotopic (exact) mass is 805 g/mol. The van der Waals surface area contributed by atoms with Crippen molar-refractivity contribution in [1.82, 2.24) is 24.5 Å². The summed E-state index contributed by atoms with van der Waals surface area (Å²) < 4.78 is 30.1. The zero-order valence-electron chi connectivity index (χ0n) is 32.1. The van der Waals surface area contributed by atoms with Gasteiger partial charge in [-0.3, -0.25) is 0 Å². The summed E-state index contributed by atoms with van der Waals surface area (Å²) in [6.07, 6.45) is 12.6. The largest absolute Gasteiger partial charge is 0.496 e. The van der Waals surface area contributed by atoms with Crippen LogP contribution in [0.4, 0.5) is 26.0 Å². The normalized spacial score (nSPS) is 16.1. The van der Waals surface area contributed by atoms with Crippen LogP contribution in [0.25, 0.3) is 17.0 Å². The molecule has 0 fully saturated rings. The summed E-state index contributed by atoms with van der Waals surface area (Å²) in [5.41, 5.74) is 8.03. The summed E-state index contributed by atoms with van der Waals surface area (Å²) >= 11 is 3.35. The number of imidazole rings is 1. The van der Waals surface area contributed by atoms with Crippen LogP contribution in [0.2, 0.25) is 0 Å². The van der Waals surface area contributed by atoms with Crippen molar-refractivity contribution < 1.29 is 13.5 Å². The number of rotatable bonds is 10. The first-order valence-electron chi connectivity index (χ1n) is 19.6. The Hall–Kier alpha value is -6.11. The number of hydrogen-bond donors (Lipinski definition) is 0. The minimum Gasteiger partial charge on any atom is -0.496 e. The fourth-order valence-corrected chi connectivity index (χ4v) is 10.7.